The van der Waals surface area contributed by atoms with Crippen LogP contribution in [0.25, 0.3) is 0 Å². The molecule has 0 saturated carbocycles. The minimum Gasteiger partial charge on any atom is -0.353 e. The van der Waals surface area contributed by atoms with Crippen LogP contribution in [0.3, 0.4) is 0 Å². The van der Waals surface area contributed by atoms with Crippen molar-refractivity contribution in [2.75, 3.05) is 42.5 Å². The summed E-state index contributed by atoms with van der Waals surface area (Å²) < 4.78 is 0. The normalized spacial score (nSPS) is 16.1. The van der Waals surface area contributed by atoms with Crippen LogP contribution in [0.5, 0.6) is 0 Å². The van der Waals surface area contributed by atoms with Crippen molar-refractivity contribution in [2.45, 2.75) is 6.42 Å². The first-order valence-electron chi connectivity index (χ1n) is 10.1. The fourth-order valence-corrected chi connectivity index (χ4v) is 4.14. The highest BCUT2D eigenvalue weighted by Crippen LogP contribution is 2.33. The number of para-hydroxylation sites is 1. The average Bonchev–Trinajstić information content (AvgIpc) is 3.24. The summed E-state index contributed by atoms with van der Waals surface area (Å²) in [5.74, 6) is 1.88. The van der Waals surface area contributed by atoms with Gasteiger partial charge in [-0.25, -0.2) is 9.97 Å². The molecule has 4 heterocycles. The van der Waals surface area contributed by atoms with Gasteiger partial charge < -0.3 is 14.7 Å². The third-order valence-corrected chi connectivity index (χ3v) is 5.70. The maximum atomic E-state index is 13.1. The van der Waals surface area contributed by atoms with Crippen LogP contribution in [0, 0.1) is 0 Å². The van der Waals surface area contributed by atoms with Crippen molar-refractivity contribution in [1.82, 2.24) is 14.9 Å². The largest absolute Gasteiger partial charge is 0.353 e. The number of anilines is 3. The molecule has 29 heavy (non-hydrogen) atoms. The SMILES string of the molecule is O=C(c1ccnc(N2CCc3ccccc32)c1)N1CCN(c2ccccn2)CC1. The van der Waals surface area contributed by atoms with Gasteiger partial charge in [0.25, 0.3) is 5.91 Å². The van der Waals surface area contributed by atoms with Gasteiger partial charge in [0.2, 0.25) is 0 Å². The van der Waals surface area contributed by atoms with Crippen molar-refractivity contribution in [3.63, 3.8) is 0 Å². The lowest BCUT2D eigenvalue weighted by Crippen LogP contribution is -2.49. The third kappa shape index (κ3) is 3.42. The number of carbonyl (C=O) groups is 1. The van der Waals surface area contributed by atoms with E-state index in [4.69, 9.17) is 0 Å². The fraction of sp³-hybridized carbons (Fsp3) is 0.261. The van der Waals surface area contributed by atoms with E-state index in [0.717, 1.165) is 37.7 Å². The van der Waals surface area contributed by atoms with Crippen LogP contribution in [0.2, 0.25) is 0 Å². The van der Waals surface area contributed by atoms with Crippen LogP contribution in [-0.4, -0.2) is 53.5 Å². The van der Waals surface area contributed by atoms with Crippen LogP contribution in [0.1, 0.15) is 15.9 Å². The number of nitrogens with zero attached hydrogens (tertiary/aromatic N) is 5. The van der Waals surface area contributed by atoms with Gasteiger partial charge in [-0.15, -0.1) is 0 Å². The molecule has 0 unspecified atom stereocenters. The number of piperazine rings is 1. The van der Waals surface area contributed by atoms with Crippen molar-refractivity contribution in [2.24, 2.45) is 0 Å². The summed E-state index contributed by atoms with van der Waals surface area (Å²) in [7, 11) is 0. The highest BCUT2D eigenvalue weighted by molar-refractivity contribution is 5.95. The van der Waals surface area contributed by atoms with Gasteiger partial charge in [0, 0.05) is 56.4 Å². The molecular formula is C23H23N5O. The molecule has 2 aromatic heterocycles. The standard InChI is InChI=1S/C23H23N5O/c29-23(27-15-13-26(14-16-27)21-7-3-4-10-24-21)19-8-11-25-22(17-19)28-12-9-18-5-1-2-6-20(18)28/h1-8,10-11,17H,9,12-16H2. The molecule has 5 rings (SSSR count). The maximum Gasteiger partial charge on any atom is 0.254 e. The molecule has 1 fully saturated rings. The number of pyridine rings is 2. The van der Waals surface area contributed by atoms with E-state index in [9.17, 15) is 4.79 Å². The number of benzene rings is 1. The lowest BCUT2D eigenvalue weighted by molar-refractivity contribution is 0.0746. The summed E-state index contributed by atoms with van der Waals surface area (Å²) >= 11 is 0. The van der Waals surface area contributed by atoms with Crippen LogP contribution >= 0.6 is 0 Å². The molecule has 0 spiro atoms. The summed E-state index contributed by atoms with van der Waals surface area (Å²) in [6.45, 7) is 3.87. The number of amides is 1. The molecule has 1 amide bonds. The lowest BCUT2D eigenvalue weighted by atomic mass is 10.2. The van der Waals surface area contributed by atoms with Crippen molar-refractivity contribution in [1.29, 1.82) is 0 Å². The Morgan fingerprint density at radius 1 is 0.793 bits per heavy atom. The number of aromatic nitrogens is 2. The van der Waals surface area contributed by atoms with E-state index in [1.54, 1.807) is 6.20 Å². The smallest absolute Gasteiger partial charge is 0.254 e. The Labute approximate surface area is 170 Å². The molecule has 3 aromatic rings. The second-order valence-electron chi connectivity index (χ2n) is 7.40. The maximum absolute atomic E-state index is 13.1. The molecule has 6 heteroatoms. The van der Waals surface area contributed by atoms with E-state index < -0.39 is 0 Å². The summed E-state index contributed by atoms with van der Waals surface area (Å²) in [5, 5.41) is 0. The molecule has 0 bridgehead atoms. The van der Waals surface area contributed by atoms with Crippen LogP contribution in [-0.2, 0) is 6.42 Å². The van der Waals surface area contributed by atoms with Gasteiger partial charge in [-0.2, -0.15) is 0 Å². The number of carbonyl (C=O) groups excluding carboxylic acids is 1. The summed E-state index contributed by atoms with van der Waals surface area (Å²) in [6.07, 6.45) is 4.56. The topological polar surface area (TPSA) is 52.6 Å². The van der Waals surface area contributed by atoms with E-state index in [1.807, 2.05) is 47.5 Å². The molecule has 1 aromatic carbocycles. The van der Waals surface area contributed by atoms with E-state index in [0.29, 0.717) is 18.7 Å². The van der Waals surface area contributed by atoms with Gasteiger partial charge in [-0.3, -0.25) is 4.79 Å². The third-order valence-electron chi connectivity index (χ3n) is 5.70. The van der Waals surface area contributed by atoms with Crippen LogP contribution in [0.4, 0.5) is 17.3 Å². The fourth-order valence-electron chi connectivity index (χ4n) is 4.14. The Morgan fingerprint density at radius 2 is 1.59 bits per heavy atom. The van der Waals surface area contributed by atoms with E-state index >= 15 is 0 Å². The van der Waals surface area contributed by atoms with E-state index in [-0.39, 0.29) is 5.91 Å². The molecule has 2 aliphatic heterocycles. The van der Waals surface area contributed by atoms with E-state index in [1.165, 1.54) is 11.3 Å². The number of fused-ring (bicyclic) bond motifs is 1. The molecule has 0 radical (unpaired) electrons. The Kier molecular flexibility index (Phi) is 4.60. The Morgan fingerprint density at radius 3 is 2.41 bits per heavy atom. The molecule has 0 aliphatic carbocycles. The second kappa shape index (κ2) is 7.54. The molecule has 6 nitrogen and oxygen atoms in total. The van der Waals surface area contributed by atoms with Crippen LogP contribution in [0.15, 0.2) is 67.0 Å². The molecule has 2 aliphatic rings. The quantitative estimate of drug-likeness (QED) is 0.693. The minimum absolute atomic E-state index is 0.0711. The Balaban J connectivity index is 1.30. The van der Waals surface area contributed by atoms with Crippen LogP contribution < -0.4 is 9.80 Å². The van der Waals surface area contributed by atoms with Crippen molar-refractivity contribution >= 4 is 23.2 Å². The predicted octanol–water partition coefficient (Wildman–Crippen LogP) is 3.13. The van der Waals surface area contributed by atoms with E-state index in [2.05, 4.69) is 38.0 Å². The van der Waals surface area contributed by atoms with Gasteiger partial charge in [0.15, 0.2) is 0 Å². The highest BCUT2D eigenvalue weighted by Gasteiger charge is 2.25. The summed E-state index contributed by atoms with van der Waals surface area (Å²) in [6, 6.07) is 18.1. The monoisotopic (exact) mass is 385 g/mol. The lowest BCUT2D eigenvalue weighted by Gasteiger charge is -2.35. The van der Waals surface area contributed by atoms with Gasteiger partial charge in [0.1, 0.15) is 11.6 Å². The van der Waals surface area contributed by atoms with Gasteiger partial charge in [0.05, 0.1) is 0 Å². The summed E-state index contributed by atoms with van der Waals surface area (Å²) in [4.78, 5) is 28.4. The molecule has 0 atom stereocenters. The first-order valence-corrected chi connectivity index (χ1v) is 10.1. The van der Waals surface area contributed by atoms with Gasteiger partial charge in [-0.05, 0) is 42.3 Å². The zero-order valence-electron chi connectivity index (χ0n) is 16.2. The van der Waals surface area contributed by atoms with Crippen molar-refractivity contribution < 1.29 is 4.79 Å². The average molecular weight is 385 g/mol. The molecular weight excluding hydrogens is 362 g/mol. The summed E-state index contributed by atoms with van der Waals surface area (Å²) in [5.41, 5.74) is 3.22. The first kappa shape index (κ1) is 17.7. The minimum atomic E-state index is 0.0711. The highest BCUT2D eigenvalue weighted by atomic mass is 16.2. The van der Waals surface area contributed by atoms with Gasteiger partial charge >= 0.3 is 0 Å². The zero-order valence-corrected chi connectivity index (χ0v) is 16.2. The van der Waals surface area contributed by atoms with Crippen molar-refractivity contribution in [3.05, 3.63) is 78.1 Å². The number of hydrogen-bond acceptors (Lipinski definition) is 5. The first-order chi connectivity index (χ1) is 14.3. The van der Waals surface area contributed by atoms with Crippen molar-refractivity contribution in [3.8, 4) is 0 Å². The predicted molar refractivity (Wildman–Crippen MR) is 114 cm³/mol. The number of rotatable bonds is 3. The van der Waals surface area contributed by atoms with Gasteiger partial charge in [-0.1, -0.05) is 24.3 Å². The second-order valence-corrected chi connectivity index (χ2v) is 7.40. The molecule has 1 saturated heterocycles. The Hall–Kier alpha value is -3.41. The molecule has 146 valence electrons. The molecule has 0 N–H and O–H groups in total. The number of hydrogen-bond donors (Lipinski definition) is 0. The Bertz CT molecular complexity index is 1010. The zero-order chi connectivity index (χ0) is 19.6.